The van der Waals surface area contributed by atoms with Gasteiger partial charge in [0.15, 0.2) is 11.7 Å². The first kappa shape index (κ1) is 21.1. The second-order valence-electron chi connectivity index (χ2n) is 5.25. The summed E-state index contributed by atoms with van der Waals surface area (Å²) in [6.45, 7) is -0.311. The minimum absolute atomic E-state index is 0.139. The number of para-hydroxylation sites is 1. The van der Waals surface area contributed by atoms with Crippen molar-refractivity contribution in [1.29, 1.82) is 0 Å². The lowest BCUT2D eigenvalue weighted by Gasteiger charge is -2.12. The van der Waals surface area contributed by atoms with Crippen molar-refractivity contribution in [3.63, 3.8) is 0 Å². The zero-order valence-corrected chi connectivity index (χ0v) is 16.2. The highest BCUT2D eigenvalue weighted by molar-refractivity contribution is 7.80. The smallest absolute Gasteiger partial charge is 0.337 e. The van der Waals surface area contributed by atoms with Crippen molar-refractivity contribution in [2.45, 2.75) is 0 Å². The van der Waals surface area contributed by atoms with Crippen molar-refractivity contribution < 1.29 is 23.9 Å². The highest BCUT2D eigenvalue weighted by atomic mass is 35.5. The van der Waals surface area contributed by atoms with Crippen LogP contribution in [-0.4, -0.2) is 36.6 Å². The first-order chi connectivity index (χ1) is 13.4. The van der Waals surface area contributed by atoms with Crippen LogP contribution in [0.1, 0.15) is 20.7 Å². The number of methoxy groups -OCH3 is 1. The minimum Gasteiger partial charge on any atom is -0.482 e. The molecule has 2 aromatic rings. The van der Waals surface area contributed by atoms with E-state index in [1.54, 1.807) is 24.3 Å². The van der Waals surface area contributed by atoms with Gasteiger partial charge in [0, 0.05) is 5.56 Å². The SMILES string of the molecule is COC(=O)c1cccc(C(=O)NC(=S)NNC(=O)COc2ccccc2Cl)c1. The van der Waals surface area contributed by atoms with Gasteiger partial charge in [-0.2, -0.15) is 0 Å². The van der Waals surface area contributed by atoms with Crippen molar-refractivity contribution >= 4 is 46.7 Å². The van der Waals surface area contributed by atoms with Crippen LogP contribution >= 0.6 is 23.8 Å². The topological polar surface area (TPSA) is 106 Å². The van der Waals surface area contributed by atoms with Crippen LogP contribution in [0.2, 0.25) is 5.02 Å². The number of carbonyl (C=O) groups excluding carboxylic acids is 3. The molecule has 0 aliphatic rings. The predicted molar refractivity (Wildman–Crippen MR) is 106 cm³/mol. The fourth-order valence-corrected chi connectivity index (χ4v) is 2.31. The first-order valence-corrected chi connectivity index (χ1v) is 8.65. The quantitative estimate of drug-likeness (QED) is 0.384. The lowest BCUT2D eigenvalue weighted by molar-refractivity contribution is -0.123. The third-order valence-electron chi connectivity index (χ3n) is 3.28. The van der Waals surface area contributed by atoms with Crippen molar-refractivity contribution in [2.75, 3.05) is 13.7 Å². The summed E-state index contributed by atoms with van der Waals surface area (Å²) in [7, 11) is 1.24. The standard InChI is InChI=1S/C18H16ClN3O5S/c1-26-17(25)12-6-4-5-11(9-12)16(24)20-18(28)22-21-15(23)10-27-14-8-3-2-7-13(14)19/h2-9H,10H2,1H3,(H,21,23)(H2,20,22,24,28). The average molecular weight is 422 g/mol. The highest BCUT2D eigenvalue weighted by Gasteiger charge is 2.12. The first-order valence-electron chi connectivity index (χ1n) is 7.86. The van der Waals surface area contributed by atoms with Crippen molar-refractivity contribution in [3.05, 3.63) is 64.7 Å². The second-order valence-corrected chi connectivity index (χ2v) is 6.06. The summed E-state index contributed by atoms with van der Waals surface area (Å²) >= 11 is 10.9. The van der Waals surface area contributed by atoms with Gasteiger partial charge in [-0.15, -0.1) is 0 Å². The summed E-state index contributed by atoms with van der Waals surface area (Å²) in [5.74, 6) is -1.31. The van der Waals surface area contributed by atoms with Crippen LogP contribution in [-0.2, 0) is 9.53 Å². The number of thiocarbonyl (C=S) groups is 1. The van der Waals surface area contributed by atoms with Crippen LogP contribution in [0.25, 0.3) is 0 Å². The number of rotatable bonds is 5. The molecule has 3 N–H and O–H groups in total. The van der Waals surface area contributed by atoms with Gasteiger partial charge in [-0.25, -0.2) is 4.79 Å². The molecule has 0 aliphatic heterocycles. The normalized spacial score (nSPS) is 9.79. The van der Waals surface area contributed by atoms with E-state index in [1.165, 1.54) is 31.4 Å². The number of esters is 1. The van der Waals surface area contributed by atoms with Gasteiger partial charge in [0.1, 0.15) is 5.75 Å². The molecule has 10 heteroatoms. The van der Waals surface area contributed by atoms with Crippen LogP contribution in [0.3, 0.4) is 0 Å². The minimum atomic E-state index is -0.568. The van der Waals surface area contributed by atoms with E-state index in [-0.39, 0.29) is 22.8 Å². The Morgan fingerprint density at radius 1 is 1.04 bits per heavy atom. The third-order valence-corrected chi connectivity index (χ3v) is 3.80. The van der Waals surface area contributed by atoms with E-state index in [1.807, 2.05) is 0 Å². The molecule has 0 aliphatic carbocycles. The molecular formula is C18H16ClN3O5S. The molecule has 2 amide bonds. The second kappa shape index (κ2) is 10.2. The van der Waals surface area contributed by atoms with Crippen LogP contribution in [0.4, 0.5) is 0 Å². The lowest BCUT2D eigenvalue weighted by atomic mass is 10.1. The predicted octanol–water partition coefficient (Wildman–Crippen LogP) is 1.84. The number of amides is 2. The lowest BCUT2D eigenvalue weighted by Crippen LogP contribution is -2.49. The van der Waals surface area contributed by atoms with E-state index in [4.69, 9.17) is 28.6 Å². The Balaban J connectivity index is 1.80. The molecule has 0 radical (unpaired) electrons. The van der Waals surface area contributed by atoms with Crippen molar-refractivity contribution in [2.24, 2.45) is 0 Å². The Bertz CT molecular complexity index is 906. The molecule has 146 valence electrons. The highest BCUT2D eigenvalue weighted by Crippen LogP contribution is 2.22. The summed E-state index contributed by atoms with van der Waals surface area (Å²) in [4.78, 5) is 35.5. The van der Waals surface area contributed by atoms with Gasteiger partial charge < -0.3 is 9.47 Å². The van der Waals surface area contributed by atoms with E-state index < -0.39 is 17.8 Å². The molecule has 0 saturated carbocycles. The number of hydrogen-bond donors (Lipinski definition) is 3. The van der Waals surface area contributed by atoms with Crippen molar-refractivity contribution in [3.8, 4) is 5.75 Å². The number of ether oxygens (including phenoxy) is 2. The number of carbonyl (C=O) groups is 3. The Hall–Kier alpha value is -3.17. The van der Waals surface area contributed by atoms with Crippen molar-refractivity contribution in [1.82, 2.24) is 16.2 Å². The largest absolute Gasteiger partial charge is 0.482 e. The molecule has 0 atom stereocenters. The number of hydrogen-bond acceptors (Lipinski definition) is 6. The summed E-state index contributed by atoms with van der Waals surface area (Å²) in [6, 6.07) is 12.6. The Morgan fingerprint density at radius 3 is 2.46 bits per heavy atom. The Kier molecular flexibility index (Phi) is 7.73. The maximum absolute atomic E-state index is 12.2. The van der Waals surface area contributed by atoms with E-state index in [0.29, 0.717) is 10.8 Å². The molecule has 8 nitrogen and oxygen atoms in total. The van der Waals surface area contributed by atoms with Crippen LogP contribution < -0.4 is 20.9 Å². The van der Waals surface area contributed by atoms with E-state index >= 15 is 0 Å². The fourth-order valence-electron chi connectivity index (χ4n) is 1.98. The van der Waals surface area contributed by atoms with Gasteiger partial charge >= 0.3 is 5.97 Å². The van der Waals surface area contributed by atoms with Crippen LogP contribution in [0.5, 0.6) is 5.75 Å². The van der Waals surface area contributed by atoms with Gasteiger partial charge in [0.25, 0.3) is 11.8 Å². The number of nitrogens with one attached hydrogen (secondary N) is 3. The van der Waals surface area contributed by atoms with Gasteiger partial charge in [-0.05, 0) is 42.5 Å². The number of halogens is 1. The van der Waals surface area contributed by atoms with E-state index in [9.17, 15) is 14.4 Å². The monoisotopic (exact) mass is 421 g/mol. The Morgan fingerprint density at radius 2 is 1.75 bits per heavy atom. The van der Waals surface area contributed by atoms with Gasteiger partial charge in [-0.3, -0.25) is 25.8 Å². The third kappa shape index (κ3) is 6.22. The van der Waals surface area contributed by atoms with Gasteiger partial charge in [0.2, 0.25) is 0 Å². The van der Waals surface area contributed by atoms with Gasteiger partial charge in [0.05, 0.1) is 17.7 Å². The van der Waals surface area contributed by atoms with Crippen LogP contribution in [0.15, 0.2) is 48.5 Å². The Labute approximate surface area is 171 Å². The molecular weight excluding hydrogens is 406 g/mol. The van der Waals surface area contributed by atoms with Crippen LogP contribution in [0, 0.1) is 0 Å². The molecule has 0 aromatic heterocycles. The summed E-state index contributed by atoms with van der Waals surface area (Å²) < 4.78 is 9.87. The zero-order valence-electron chi connectivity index (χ0n) is 14.7. The zero-order chi connectivity index (χ0) is 20.5. The molecule has 28 heavy (non-hydrogen) atoms. The molecule has 0 bridgehead atoms. The van der Waals surface area contributed by atoms with E-state index in [0.717, 1.165) is 0 Å². The fraction of sp³-hybridized carbons (Fsp3) is 0.111. The molecule has 0 spiro atoms. The maximum atomic E-state index is 12.2. The summed E-state index contributed by atoms with van der Waals surface area (Å²) in [6.07, 6.45) is 0. The van der Waals surface area contributed by atoms with Gasteiger partial charge in [-0.1, -0.05) is 29.8 Å². The molecule has 0 unspecified atom stereocenters. The average Bonchev–Trinajstić information content (AvgIpc) is 2.71. The summed E-state index contributed by atoms with van der Waals surface area (Å²) in [5, 5.41) is 2.61. The van der Waals surface area contributed by atoms with E-state index in [2.05, 4.69) is 20.9 Å². The molecule has 2 aromatic carbocycles. The summed E-state index contributed by atoms with van der Waals surface area (Å²) in [5.41, 5.74) is 5.07. The molecule has 0 fully saturated rings. The molecule has 0 saturated heterocycles. The maximum Gasteiger partial charge on any atom is 0.337 e. The molecule has 2 rings (SSSR count). The number of benzene rings is 2. The molecule has 0 heterocycles. The number of hydrazine groups is 1.